The Morgan fingerprint density at radius 3 is 2.48 bits per heavy atom. The molecule has 3 aromatic carbocycles. The number of ether oxygens (including phenoxy) is 3. The first-order valence-corrected chi connectivity index (χ1v) is 19.3. The lowest BCUT2D eigenvalue weighted by Crippen LogP contribution is -2.47. The van der Waals surface area contributed by atoms with Gasteiger partial charge in [-0.3, -0.25) is 14.5 Å². The summed E-state index contributed by atoms with van der Waals surface area (Å²) in [5.41, 5.74) is 3.65. The van der Waals surface area contributed by atoms with E-state index in [9.17, 15) is 27.9 Å². The number of benzene rings is 3. The lowest BCUT2D eigenvalue weighted by molar-refractivity contribution is -0.149. The number of hydrogen-bond acceptors (Lipinski definition) is 8. The molecule has 2 N–H and O–H groups in total. The molecule has 13 heteroatoms. The monoisotopic (exact) mass is 791 g/mol. The summed E-state index contributed by atoms with van der Waals surface area (Å²) in [6.07, 6.45) is -1.20. The lowest BCUT2D eigenvalue weighted by Gasteiger charge is -2.32. The van der Waals surface area contributed by atoms with Gasteiger partial charge in [0.15, 0.2) is 0 Å². The molecule has 0 unspecified atom stereocenters. The van der Waals surface area contributed by atoms with Gasteiger partial charge in [0.05, 0.1) is 30.5 Å². The SMILES string of the molecule is COc1cc(O[C@H]2CCc3c(-c4cccc(-c5ccc(CNC[C@@H]6CCC(=O)C6)c(OC)n5)c4Cl)cccc32)c(C(F)(F)F)cc1CN1CCC[C@@]1(C)C(=O)O. The number of carboxylic acid groups (broad SMARTS) is 1. The van der Waals surface area contributed by atoms with Gasteiger partial charge in [-0.25, -0.2) is 4.98 Å². The van der Waals surface area contributed by atoms with Crippen molar-refractivity contribution in [1.82, 2.24) is 15.2 Å². The van der Waals surface area contributed by atoms with Crippen LogP contribution in [0.1, 0.15) is 79.4 Å². The number of methoxy groups -OCH3 is 2. The number of Topliss-reactive ketones (excluding diaryl/α,β-unsaturated/α-hetero) is 1. The summed E-state index contributed by atoms with van der Waals surface area (Å²) in [6.45, 7) is 3.32. The van der Waals surface area contributed by atoms with Crippen molar-refractivity contribution in [1.29, 1.82) is 0 Å². The van der Waals surface area contributed by atoms with E-state index in [1.807, 2.05) is 48.5 Å². The molecule has 9 nitrogen and oxygen atoms in total. The number of fused-ring (bicyclic) bond motifs is 1. The Bertz CT molecular complexity index is 2140. The number of alkyl halides is 3. The van der Waals surface area contributed by atoms with Crippen LogP contribution < -0.4 is 19.5 Å². The minimum absolute atomic E-state index is 0.0150. The summed E-state index contributed by atoms with van der Waals surface area (Å²) in [7, 11) is 2.95. The van der Waals surface area contributed by atoms with E-state index in [-0.39, 0.29) is 23.6 Å². The summed E-state index contributed by atoms with van der Waals surface area (Å²) < 4.78 is 61.4. The third-order valence-electron chi connectivity index (χ3n) is 11.6. The number of carbonyl (C=O) groups is 2. The minimum Gasteiger partial charge on any atom is -0.496 e. The highest BCUT2D eigenvalue weighted by Crippen LogP contribution is 2.47. The van der Waals surface area contributed by atoms with Gasteiger partial charge in [0.25, 0.3) is 0 Å². The third-order valence-corrected chi connectivity index (χ3v) is 12.0. The Morgan fingerprint density at radius 2 is 1.77 bits per heavy atom. The van der Waals surface area contributed by atoms with Crippen LogP contribution in [-0.2, 0) is 35.3 Å². The smallest absolute Gasteiger partial charge is 0.419 e. The molecule has 2 aliphatic carbocycles. The second kappa shape index (κ2) is 16.1. The number of ketones is 1. The average Bonchev–Trinajstić information content (AvgIpc) is 3.90. The molecule has 2 heterocycles. The van der Waals surface area contributed by atoms with Gasteiger partial charge < -0.3 is 24.6 Å². The highest BCUT2D eigenvalue weighted by Gasteiger charge is 2.44. The molecule has 0 bridgehead atoms. The van der Waals surface area contributed by atoms with Crippen molar-refractivity contribution in [2.45, 2.75) is 82.8 Å². The maximum absolute atomic E-state index is 14.7. The molecule has 1 aromatic heterocycles. The number of carboxylic acids is 1. The number of carbonyl (C=O) groups excluding carboxylic acids is 1. The van der Waals surface area contributed by atoms with Crippen LogP contribution in [0.3, 0.4) is 0 Å². The highest BCUT2D eigenvalue weighted by atomic mass is 35.5. The fourth-order valence-corrected chi connectivity index (χ4v) is 8.77. The predicted molar refractivity (Wildman–Crippen MR) is 206 cm³/mol. The van der Waals surface area contributed by atoms with Gasteiger partial charge in [0, 0.05) is 54.3 Å². The summed E-state index contributed by atoms with van der Waals surface area (Å²) in [6, 6.07) is 17.5. The number of hydrogen-bond donors (Lipinski definition) is 2. The zero-order valence-electron chi connectivity index (χ0n) is 31.6. The van der Waals surface area contributed by atoms with Crippen molar-refractivity contribution >= 4 is 23.4 Å². The fourth-order valence-electron chi connectivity index (χ4n) is 8.45. The van der Waals surface area contributed by atoms with Crippen molar-refractivity contribution in [3.63, 3.8) is 0 Å². The van der Waals surface area contributed by atoms with Crippen LogP contribution in [-0.4, -0.2) is 59.6 Å². The molecule has 4 aromatic rings. The molecule has 2 fully saturated rings. The van der Waals surface area contributed by atoms with Gasteiger partial charge >= 0.3 is 12.1 Å². The summed E-state index contributed by atoms with van der Waals surface area (Å²) >= 11 is 7.14. The molecule has 3 aliphatic rings. The maximum Gasteiger partial charge on any atom is 0.419 e. The Kier molecular flexibility index (Phi) is 11.4. The van der Waals surface area contributed by atoms with Gasteiger partial charge in [0.1, 0.15) is 28.9 Å². The second-order valence-corrected chi connectivity index (χ2v) is 15.5. The Labute approximate surface area is 329 Å². The third kappa shape index (κ3) is 7.83. The first-order chi connectivity index (χ1) is 26.8. The van der Waals surface area contributed by atoms with Crippen molar-refractivity contribution < 1.29 is 42.1 Å². The molecular formula is C43H45ClF3N3O6. The molecule has 0 radical (unpaired) electrons. The summed E-state index contributed by atoms with van der Waals surface area (Å²) in [5.74, 6) is -0.0327. The Balaban J connectivity index is 1.14. The number of pyridine rings is 1. The van der Waals surface area contributed by atoms with E-state index < -0.39 is 29.4 Å². The van der Waals surface area contributed by atoms with Crippen LogP contribution in [0.4, 0.5) is 13.2 Å². The first-order valence-electron chi connectivity index (χ1n) is 18.9. The number of aromatic nitrogens is 1. The van der Waals surface area contributed by atoms with E-state index in [0.29, 0.717) is 85.5 Å². The molecule has 1 saturated heterocycles. The van der Waals surface area contributed by atoms with Gasteiger partial charge in [-0.15, -0.1) is 0 Å². The number of halogens is 4. The zero-order valence-corrected chi connectivity index (χ0v) is 32.4. The molecule has 3 atom stereocenters. The molecule has 56 heavy (non-hydrogen) atoms. The number of rotatable bonds is 13. The predicted octanol–water partition coefficient (Wildman–Crippen LogP) is 9.07. The second-order valence-electron chi connectivity index (χ2n) is 15.1. The van der Waals surface area contributed by atoms with Gasteiger partial charge in [-0.05, 0) is 86.9 Å². The minimum atomic E-state index is -4.74. The standard InChI is InChI=1S/C43H45ClF3N3O6/c1-42(41(52)53)17-6-18-50(42)24-27-20-34(43(45,46)47)38(21-37(27)54-2)56-36-16-14-30-29(7-4-8-31(30)36)32-9-5-10-33(39(32)44)35-15-12-26(40(49-35)55-3)23-48-22-25-11-13-28(51)19-25/h4-5,7-10,12,15,20-21,25,36,48H,6,11,13-14,16-19,22-24H2,1-3H3,(H,52,53)/t25-,36+,42+/m1/s1. The van der Waals surface area contributed by atoms with Gasteiger partial charge in [-0.1, -0.05) is 54.1 Å². The number of nitrogens with zero attached hydrogens (tertiary/aromatic N) is 2. The normalized spacial score (nSPS) is 21.0. The molecule has 7 rings (SSSR count). The quantitative estimate of drug-likeness (QED) is 0.137. The molecule has 0 spiro atoms. The van der Waals surface area contributed by atoms with E-state index in [2.05, 4.69) is 5.32 Å². The lowest BCUT2D eigenvalue weighted by atomic mass is 9.94. The van der Waals surface area contributed by atoms with Crippen molar-refractivity contribution in [2.75, 3.05) is 27.3 Å². The van der Waals surface area contributed by atoms with Gasteiger partial charge in [0.2, 0.25) is 5.88 Å². The van der Waals surface area contributed by atoms with E-state index in [4.69, 9.17) is 30.8 Å². The molecule has 1 saturated carbocycles. The van der Waals surface area contributed by atoms with Crippen LogP contribution in [0.15, 0.2) is 60.7 Å². The fraction of sp³-hybridized carbons (Fsp3) is 0.419. The van der Waals surface area contributed by atoms with E-state index >= 15 is 0 Å². The van der Waals surface area contributed by atoms with E-state index in [1.165, 1.54) is 13.2 Å². The molecule has 0 amide bonds. The van der Waals surface area contributed by atoms with Crippen LogP contribution in [0.25, 0.3) is 22.4 Å². The molecule has 296 valence electrons. The highest BCUT2D eigenvalue weighted by molar-refractivity contribution is 6.36. The van der Waals surface area contributed by atoms with Crippen LogP contribution in [0.2, 0.25) is 5.02 Å². The largest absolute Gasteiger partial charge is 0.496 e. The number of nitrogens with one attached hydrogen (secondary N) is 1. The van der Waals surface area contributed by atoms with Crippen molar-refractivity contribution in [3.8, 4) is 39.8 Å². The van der Waals surface area contributed by atoms with Crippen LogP contribution in [0, 0.1) is 5.92 Å². The molecule has 1 aliphatic heterocycles. The van der Waals surface area contributed by atoms with Crippen LogP contribution >= 0.6 is 11.6 Å². The average molecular weight is 792 g/mol. The summed E-state index contributed by atoms with van der Waals surface area (Å²) in [5, 5.41) is 13.8. The Hall–Kier alpha value is -4.65. The topological polar surface area (TPSA) is 110 Å². The maximum atomic E-state index is 14.7. The first kappa shape index (κ1) is 39.6. The molecular weight excluding hydrogens is 747 g/mol. The van der Waals surface area contributed by atoms with Gasteiger partial charge in [-0.2, -0.15) is 13.2 Å². The van der Waals surface area contributed by atoms with E-state index in [1.54, 1.807) is 18.9 Å². The van der Waals surface area contributed by atoms with Crippen molar-refractivity contribution in [2.24, 2.45) is 5.92 Å². The summed E-state index contributed by atoms with van der Waals surface area (Å²) in [4.78, 5) is 30.2. The number of likely N-dealkylation sites (tertiary alicyclic amines) is 1. The number of aliphatic carboxylic acids is 1. The Morgan fingerprint density at radius 1 is 1.00 bits per heavy atom. The van der Waals surface area contributed by atoms with Crippen LogP contribution in [0.5, 0.6) is 17.4 Å². The zero-order chi connectivity index (χ0) is 39.8. The van der Waals surface area contributed by atoms with Crippen molar-refractivity contribution in [3.05, 3.63) is 93.5 Å². The van der Waals surface area contributed by atoms with E-state index in [0.717, 1.165) is 46.8 Å².